The van der Waals surface area contributed by atoms with Crippen LogP contribution < -0.4 is 4.74 Å². The van der Waals surface area contributed by atoms with Crippen LogP contribution >= 0.6 is 0 Å². The Kier molecular flexibility index (Phi) is 3.95. The van der Waals surface area contributed by atoms with Gasteiger partial charge in [-0.15, -0.1) is 5.11 Å². The van der Waals surface area contributed by atoms with Gasteiger partial charge < -0.3 is 4.74 Å². The Hall–Kier alpha value is -2.16. The van der Waals surface area contributed by atoms with E-state index in [4.69, 9.17) is 4.74 Å². The molecule has 2 rings (SSSR count). The van der Waals surface area contributed by atoms with Gasteiger partial charge in [0.05, 0.1) is 5.69 Å². The van der Waals surface area contributed by atoms with Crippen LogP contribution in [-0.4, -0.2) is 5.60 Å². The Balaban J connectivity index is 2.23. The second-order valence-corrected chi connectivity index (χ2v) is 5.22. The quantitative estimate of drug-likeness (QED) is 0.686. The molecule has 19 heavy (non-hydrogen) atoms. The van der Waals surface area contributed by atoms with Gasteiger partial charge in [-0.05, 0) is 45.0 Å². The van der Waals surface area contributed by atoms with Crippen molar-refractivity contribution in [3.63, 3.8) is 0 Å². The molecule has 0 aliphatic carbocycles. The number of ether oxygens (including phenoxy) is 1. The molecule has 0 bridgehead atoms. The Bertz CT molecular complexity index is 556. The van der Waals surface area contributed by atoms with Crippen molar-refractivity contribution in [1.82, 2.24) is 0 Å². The summed E-state index contributed by atoms with van der Waals surface area (Å²) in [4.78, 5) is 0. The number of azo groups is 1. The van der Waals surface area contributed by atoms with E-state index in [1.165, 1.54) is 0 Å². The van der Waals surface area contributed by atoms with Crippen molar-refractivity contribution in [1.29, 1.82) is 0 Å². The van der Waals surface area contributed by atoms with Crippen molar-refractivity contribution in [2.75, 3.05) is 0 Å². The fourth-order valence-electron chi connectivity index (χ4n) is 1.56. The summed E-state index contributed by atoms with van der Waals surface area (Å²) in [5, 5.41) is 8.47. The topological polar surface area (TPSA) is 34.0 Å². The highest BCUT2D eigenvalue weighted by Gasteiger charge is 2.14. The maximum atomic E-state index is 5.87. The second kappa shape index (κ2) is 5.65. The maximum absolute atomic E-state index is 5.87. The zero-order chi connectivity index (χ0) is 13.7. The first-order chi connectivity index (χ1) is 9.04. The van der Waals surface area contributed by atoms with Gasteiger partial charge in [-0.1, -0.05) is 30.3 Å². The van der Waals surface area contributed by atoms with Gasteiger partial charge >= 0.3 is 0 Å². The van der Waals surface area contributed by atoms with Gasteiger partial charge in [0.1, 0.15) is 17.0 Å². The van der Waals surface area contributed by atoms with E-state index in [0.717, 1.165) is 17.1 Å². The first-order valence-corrected chi connectivity index (χ1v) is 6.29. The highest BCUT2D eigenvalue weighted by molar-refractivity contribution is 5.51. The van der Waals surface area contributed by atoms with E-state index < -0.39 is 0 Å². The molecule has 2 aromatic carbocycles. The highest BCUT2D eigenvalue weighted by atomic mass is 16.5. The number of hydrogen-bond acceptors (Lipinski definition) is 3. The average molecular weight is 254 g/mol. The molecule has 0 unspecified atom stereocenters. The minimum absolute atomic E-state index is 0.252. The van der Waals surface area contributed by atoms with Crippen molar-refractivity contribution in [2.24, 2.45) is 10.2 Å². The SMILES string of the molecule is CC(C)(C)Oc1ccccc1N=Nc1ccccc1. The molecule has 3 heteroatoms. The number of hydrogen-bond donors (Lipinski definition) is 0. The molecule has 3 nitrogen and oxygen atoms in total. The molecule has 0 aliphatic heterocycles. The summed E-state index contributed by atoms with van der Waals surface area (Å²) < 4.78 is 5.87. The van der Waals surface area contributed by atoms with Crippen LogP contribution in [0.4, 0.5) is 11.4 Å². The molecule has 0 amide bonds. The Morgan fingerprint density at radius 3 is 2.11 bits per heavy atom. The molecule has 0 N–H and O–H groups in total. The fourth-order valence-corrected chi connectivity index (χ4v) is 1.56. The van der Waals surface area contributed by atoms with Crippen LogP contribution in [0.2, 0.25) is 0 Å². The summed E-state index contributed by atoms with van der Waals surface area (Å²) in [6, 6.07) is 17.3. The summed E-state index contributed by atoms with van der Waals surface area (Å²) in [7, 11) is 0. The molecule has 2 aromatic rings. The normalized spacial score (nSPS) is 11.7. The summed E-state index contributed by atoms with van der Waals surface area (Å²) in [6.07, 6.45) is 0. The third-order valence-corrected chi connectivity index (χ3v) is 2.31. The number of benzene rings is 2. The minimum atomic E-state index is -0.252. The molecular formula is C16H18N2O. The maximum Gasteiger partial charge on any atom is 0.147 e. The van der Waals surface area contributed by atoms with Crippen LogP contribution in [0.5, 0.6) is 5.75 Å². The molecule has 0 spiro atoms. The van der Waals surface area contributed by atoms with E-state index in [0.29, 0.717) is 0 Å². The van der Waals surface area contributed by atoms with Gasteiger partial charge in [0, 0.05) is 0 Å². The van der Waals surface area contributed by atoms with E-state index in [1.807, 2.05) is 75.4 Å². The van der Waals surface area contributed by atoms with Crippen LogP contribution in [0, 0.1) is 0 Å². The average Bonchev–Trinajstić information content (AvgIpc) is 2.37. The van der Waals surface area contributed by atoms with Crippen molar-refractivity contribution in [3.05, 3.63) is 54.6 Å². The third-order valence-electron chi connectivity index (χ3n) is 2.31. The highest BCUT2D eigenvalue weighted by Crippen LogP contribution is 2.31. The summed E-state index contributed by atoms with van der Waals surface area (Å²) >= 11 is 0. The Labute approximate surface area is 114 Å². The summed E-state index contributed by atoms with van der Waals surface area (Å²) in [6.45, 7) is 6.04. The molecule has 0 heterocycles. The number of para-hydroxylation sites is 1. The molecule has 0 fully saturated rings. The standard InChI is InChI=1S/C16H18N2O/c1-16(2,3)19-15-12-8-7-11-14(15)18-17-13-9-5-4-6-10-13/h4-12H,1-3H3. The predicted octanol–water partition coefficient (Wildman–Crippen LogP) is 5.28. The van der Waals surface area contributed by atoms with E-state index >= 15 is 0 Å². The van der Waals surface area contributed by atoms with Crippen molar-refractivity contribution >= 4 is 11.4 Å². The van der Waals surface area contributed by atoms with E-state index in [2.05, 4.69) is 10.2 Å². The monoisotopic (exact) mass is 254 g/mol. The predicted molar refractivity (Wildman–Crippen MR) is 77.4 cm³/mol. The zero-order valence-corrected chi connectivity index (χ0v) is 11.5. The van der Waals surface area contributed by atoms with E-state index in [1.54, 1.807) is 0 Å². The molecule has 0 radical (unpaired) electrons. The first kappa shape index (κ1) is 13.3. The molecule has 0 saturated heterocycles. The summed E-state index contributed by atoms with van der Waals surface area (Å²) in [5.74, 6) is 0.745. The molecular weight excluding hydrogens is 236 g/mol. The summed E-state index contributed by atoms with van der Waals surface area (Å²) in [5.41, 5.74) is 1.31. The van der Waals surface area contributed by atoms with Gasteiger partial charge in [-0.2, -0.15) is 5.11 Å². The second-order valence-electron chi connectivity index (χ2n) is 5.22. The lowest BCUT2D eigenvalue weighted by molar-refractivity contribution is 0.131. The minimum Gasteiger partial charge on any atom is -0.486 e. The molecule has 0 aliphatic rings. The molecule has 0 aromatic heterocycles. The Morgan fingerprint density at radius 2 is 1.42 bits per heavy atom. The van der Waals surface area contributed by atoms with E-state index in [9.17, 15) is 0 Å². The smallest absolute Gasteiger partial charge is 0.147 e. The number of nitrogens with zero attached hydrogens (tertiary/aromatic N) is 2. The van der Waals surface area contributed by atoms with Gasteiger partial charge in [0.2, 0.25) is 0 Å². The van der Waals surface area contributed by atoms with Crippen molar-refractivity contribution < 1.29 is 4.74 Å². The zero-order valence-electron chi connectivity index (χ0n) is 11.5. The van der Waals surface area contributed by atoms with Crippen molar-refractivity contribution in [3.8, 4) is 5.75 Å². The van der Waals surface area contributed by atoms with Crippen LogP contribution in [0.15, 0.2) is 64.8 Å². The van der Waals surface area contributed by atoms with Crippen molar-refractivity contribution in [2.45, 2.75) is 26.4 Å². The first-order valence-electron chi connectivity index (χ1n) is 6.29. The van der Waals surface area contributed by atoms with Gasteiger partial charge in [0.25, 0.3) is 0 Å². The van der Waals surface area contributed by atoms with E-state index in [-0.39, 0.29) is 5.60 Å². The van der Waals surface area contributed by atoms with Crippen LogP contribution in [0.25, 0.3) is 0 Å². The van der Waals surface area contributed by atoms with Crippen LogP contribution in [-0.2, 0) is 0 Å². The van der Waals surface area contributed by atoms with Crippen LogP contribution in [0.3, 0.4) is 0 Å². The lowest BCUT2D eigenvalue weighted by atomic mass is 10.2. The molecule has 0 saturated carbocycles. The lowest BCUT2D eigenvalue weighted by Crippen LogP contribution is -2.22. The molecule has 0 atom stereocenters. The fraction of sp³-hybridized carbons (Fsp3) is 0.250. The van der Waals surface area contributed by atoms with Crippen LogP contribution in [0.1, 0.15) is 20.8 Å². The third kappa shape index (κ3) is 4.21. The lowest BCUT2D eigenvalue weighted by Gasteiger charge is -2.21. The number of rotatable bonds is 3. The molecule has 98 valence electrons. The van der Waals surface area contributed by atoms with Gasteiger partial charge in [0.15, 0.2) is 0 Å². The Morgan fingerprint density at radius 1 is 0.789 bits per heavy atom. The largest absolute Gasteiger partial charge is 0.486 e. The van der Waals surface area contributed by atoms with Gasteiger partial charge in [-0.25, -0.2) is 0 Å². The van der Waals surface area contributed by atoms with Gasteiger partial charge in [-0.3, -0.25) is 0 Å².